The molecule has 2 heterocycles. The molecule has 1 fully saturated rings. The van der Waals surface area contributed by atoms with Crippen LogP contribution in [0.2, 0.25) is 0 Å². The standard InChI is InChI=1S/C32H31FN4O5/c1-20-29(31(39)37(36(20)2)22-6-4-3-5-7-22)30(38)35-21-8-11-28(25(33)18-21)42-27-12-16-34-26-19-23(9-10-24(26)27)41-17-15-32(40)13-14-32/h4,6-12,16,18-19,40H,3,5,13-15,17H2,1-2H3,(H,35,38). The number of nitrogens with zero attached hydrogens (tertiary/aromatic N) is 3. The van der Waals surface area contributed by atoms with Gasteiger partial charge in [0.1, 0.15) is 17.1 Å². The lowest BCUT2D eigenvalue weighted by Gasteiger charge is -2.12. The number of halogens is 1. The molecule has 0 atom stereocenters. The summed E-state index contributed by atoms with van der Waals surface area (Å²) in [4.78, 5) is 30.7. The summed E-state index contributed by atoms with van der Waals surface area (Å²) in [6.07, 6.45) is 11.3. The molecule has 0 spiro atoms. The van der Waals surface area contributed by atoms with Crippen LogP contribution in [-0.4, -0.2) is 37.6 Å². The second-order valence-electron chi connectivity index (χ2n) is 10.7. The van der Waals surface area contributed by atoms with Crippen molar-refractivity contribution < 1.29 is 23.8 Å². The van der Waals surface area contributed by atoms with Gasteiger partial charge in [0.15, 0.2) is 11.6 Å². The van der Waals surface area contributed by atoms with E-state index in [9.17, 15) is 14.7 Å². The van der Waals surface area contributed by atoms with E-state index < -0.39 is 22.9 Å². The van der Waals surface area contributed by atoms with Crippen molar-refractivity contribution in [2.45, 2.75) is 44.6 Å². The first kappa shape index (κ1) is 27.5. The van der Waals surface area contributed by atoms with Crippen molar-refractivity contribution in [1.29, 1.82) is 0 Å². The number of hydrogen-bond donors (Lipinski definition) is 2. The molecule has 4 aromatic rings. The van der Waals surface area contributed by atoms with Gasteiger partial charge in [-0.05, 0) is 69.0 Å². The molecule has 0 saturated heterocycles. The number of hydrogen-bond acceptors (Lipinski definition) is 6. The Bertz CT molecular complexity index is 1820. The van der Waals surface area contributed by atoms with E-state index >= 15 is 4.39 Å². The van der Waals surface area contributed by atoms with Crippen LogP contribution in [0.1, 0.15) is 48.2 Å². The van der Waals surface area contributed by atoms with Crippen LogP contribution in [0.15, 0.2) is 71.7 Å². The van der Waals surface area contributed by atoms with E-state index in [1.165, 1.54) is 16.8 Å². The third-order valence-corrected chi connectivity index (χ3v) is 7.75. The number of fused-ring (bicyclic) bond motifs is 1. The van der Waals surface area contributed by atoms with E-state index in [1.807, 2.05) is 18.2 Å². The van der Waals surface area contributed by atoms with Crippen molar-refractivity contribution in [2.75, 3.05) is 11.9 Å². The van der Waals surface area contributed by atoms with Gasteiger partial charge in [-0.15, -0.1) is 0 Å². The van der Waals surface area contributed by atoms with E-state index in [2.05, 4.69) is 10.3 Å². The van der Waals surface area contributed by atoms with Gasteiger partial charge in [0.05, 0.1) is 29.1 Å². The van der Waals surface area contributed by atoms with Crippen LogP contribution in [0.5, 0.6) is 17.2 Å². The van der Waals surface area contributed by atoms with Gasteiger partial charge in [0.25, 0.3) is 11.5 Å². The number of rotatable bonds is 9. The van der Waals surface area contributed by atoms with Gasteiger partial charge >= 0.3 is 0 Å². The van der Waals surface area contributed by atoms with Gasteiger partial charge in [0.2, 0.25) is 0 Å². The number of carbonyl (C=O) groups excluding carboxylic acids is 1. The Balaban J connectivity index is 1.17. The summed E-state index contributed by atoms with van der Waals surface area (Å²) in [6.45, 7) is 2.10. The van der Waals surface area contributed by atoms with Gasteiger partial charge in [-0.25, -0.2) is 9.07 Å². The number of aliphatic hydroxyl groups is 1. The minimum atomic E-state index is -0.685. The van der Waals surface area contributed by atoms with Crippen LogP contribution in [0.4, 0.5) is 10.1 Å². The summed E-state index contributed by atoms with van der Waals surface area (Å²) < 4.78 is 29.9. The van der Waals surface area contributed by atoms with Gasteiger partial charge in [-0.2, -0.15) is 0 Å². The highest BCUT2D eigenvalue weighted by molar-refractivity contribution is 6.05. The fourth-order valence-electron chi connectivity index (χ4n) is 5.02. The van der Waals surface area contributed by atoms with Crippen molar-refractivity contribution in [2.24, 2.45) is 7.05 Å². The van der Waals surface area contributed by atoms with Crippen LogP contribution in [0.25, 0.3) is 16.6 Å². The Morgan fingerprint density at radius 2 is 1.98 bits per heavy atom. The molecule has 1 amide bonds. The molecule has 10 heteroatoms. The zero-order valence-corrected chi connectivity index (χ0v) is 23.4. The number of aromatic nitrogens is 3. The lowest BCUT2D eigenvalue weighted by molar-refractivity contribution is 0.102. The molecule has 9 nitrogen and oxygen atoms in total. The molecule has 6 rings (SSSR count). The lowest BCUT2D eigenvalue weighted by Crippen LogP contribution is -2.26. The fraction of sp³-hybridized carbons (Fsp3) is 0.281. The SMILES string of the molecule is Cc1c(C(=O)Nc2ccc(Oc3ccnc4cc(OCCC5(O)CC5)ccc34)c(F)c2)c(=O)n(C2=CCCC=C2)n1C. The molecule has 1 saturated carbocycles. The number of allylic oxidation sites excluding steroid dienone is 4. The maximum atomic E-state index is 15.1. The molecule has 0 radical (unpaired) electrons. The number of anilines is 1. The topological polar surface area (TPSA) is 108 Å². The van der Waals surface area contributed by atoms with E-state index in [0.717, 1.165) is 31.7 Å². The van der Waals surface area contributed by atoms with Crippen molar-refractivity contribution in [1.82, 2.24) is 14.3 Å². The van der Waals surface area contributed by atoms with Gasteiger partial charge in [-0.1, -0.05) is 12.2 Å². The van der Waals surface area contributed by atoms with Crippen molar-refractivity contribution >= 4 is 28.2 Å². The van der Waals surface area contributed by atoms with Crippen molar-refractivity contribution in [3.8, 4) is 17.2 Å². The quantitative estimate of drug-likeness (QED) is 0.267. The molecule has 0 unspecified atom stereocenters. The number of benzene rings is 2. The summed E-state index contributed by atoms with van der Waals surface area (Å²) in [7, 11) is 1.72. The lowest BCUT2D eigenvalue weighted by atomic mass is 10.1. The first-order chi connectivity index (χ1) is 20.2. The molecule has 0 aliphatic heterocycles. The summed E-state index contributed by atoms with van der Waals surface area (Å²) in [6, 6.07) is 11.1. The van der Waals surface area contributed by atoms with Crippen LogP contribution < -0.4 is 20.3 Å². The van der Waals surface area contributed by atoms with Crippen molar-refractivity contribution in [3.05, 3.63) is 94.3 Å². The maximum Gasteiger partial charge on any atom is 0.284 e. The summed E-state index contributed by atoms with van der Waals surface area (Å²) in [5.41, 5.74) is 0.985. The Morgan fingerprint density at radius 3 is 2.71 bits per heavy atom. The predicted molar refractivity (Wildman–Crippen MR) is 158 cm³/mol. The van der Waals surface area contributed by atoms with Gasteiger partial charge in [0, 0.05) is 42.9 Å². The molecular weight excluding hydrogens is 539 g/mol. The van der Waals surface area contributed by atoms with Crippen molar-refractivity contribution in [3.63, 3.8) is 0 Å². The Labute approximate surface area is 241 Å². The zero-order valence-electron chi connectivity index (χ0n) is 23.4. The molecule has 0 bridgehead atoms. The van der Waals surface area contributed by atoms with Gasteiger partial charge < -0.3 is 19.9 Å². The number of pyridine rings is 1. The number of ether oxygens (including phenoxy) is 2. The smallest absolute Gasteiger partial charge is 0.284 e. The fourth-order valence-corrected chi connectivity index (χ4v) is 5.02. The zero-order chi connectivity index (χ0) is 29.4. The average Bonchev–Trinajstić information content (AvgIpc) is 3.66. The number of nitrogens with one attached hydrogen (secondary N) is 1. The van der Waals surface area contributed by atoms with Crippen LogP contribution >= 0.6 is 0 Å². The molecular formula is C32H31FN4O5. The third kappa shape index (κ3) is 5.45. The van der Waals surface area contributed by atoms with E-state index in [1.54, 1.807) is 49.1 Å². The second-order valence-corrected chi connectivity index (χ2v) is 10.7. The van der Waals surface area contributed by atoms with Crippen LogP contribution in [0.3, 0.4) is 0 Å². The summed E-state index contributed by atoms with van der Waals surface area (Å²) in [5, 5.41) is 13.3. The summed E-state index contributed by atoms with van der Waals surface area (Å²) in [5.74, 6) is -0.316. The molecule has 42 heavy (non-hydrogen) atoms. The average molecular weight is 571 g/mol. The van der Waals surface area contributed by atoms with Crippen LogP contribution in [0, 0.1) is 12.7 Å². The molecule has 2 aromatic carbocycles. The Kier molecular flexibility index (Phi) is 7.16. The first-order valence-electron chi connectivity index (χ1n) is 13.9. The predicted octanol–water partition coefficient (Wildman–Crippen LogP) is 5.71. The molecule has 2 aliphatic carbocycles. The highest BCUT2D eigenvalue weighted by Gasteiger charge is 2.39. The monoisotopic (exact) mass is 570 g/mol. The summed E-state index contributed by atoms with van der Waals surface area (Å²) >= 11 is 0. The highest BCUT2D eigenvalue weighted by atomic mass is 19.1. The maximum absolute atomic E-state index is 15.1. The minimum Gasteiger partial charge on any atom is -0.493 e. The van der Waals surface area contributed by atoms with Crippen LogP contribution in [-0.2, 0) is 7.05 Å². The minimum absolute atomic E-state index is 0.00637. The molecule has 216 valence electrons. The number of carbonyl (C=O) groups is 1. The third-order valence-electron chi connectivity index (χ3n) is 7.75. The second kappa shape index (κ2) is 10.9. The molecule has 2 aliphatic rings. The molecule has 2 N–H and O–H groups in total. The Hall–Kier alpha value is -4.70. The van der Waals surface area contributed by atoms with E-state index in [4.69, 9.17) is 9.47 Å². The first-order valence-corrected chi connectivity index (χ1v) is 13.9. The largest absolute Gasteiger partial charge is 0.493 e. The Morgan fingerprint density at radius 1 is 1.14 bits per heavy atom. The normalized spacial score (nSPS) is 15.4. The number of amides is 1. The van der Waals surface area contributed by atoms with E-state index in [-0.39, 0.29) is 17.0 Å². The molecule has 2 aromatic heterocycles. The van der Waals surface area contributed by atoms with Gasteiger partial charge in [-0.3, -0.25) is 19.3 Å². The highest BCUT2D eigenvalue weighted by Crippen LogP contribution is 2.38. The van der Waals surface area contributed by atoms with E-state index in [0.29, 0.717) is 46.8 Å².